The van der Waals surface area contributed by atoms with Gasteiger partial charge in [0.1, 0.15) is 18.2 Å². The maximum atomic E-state index is 14.5. The van der Waals surface area contributed by atoms with Crippen molar-refractivity contribution in [2.75, 3.05) is 35.6 Å². The van der Waals surface area contributed by atoms with Gasteiger partial charge in [-0.2, -0.15) is 17.6 Å². The second-order valence-corrected chi connectivity index (χ2v) is 8.84. The molecule has 1 aromatic carbocycles. The SMILES string of the molecule is Nc1ncnc(N2CCC(C(F)(F)F)C(N3CC=CC[C@@H](Nc4cc(F)cc(Cl)c4)C3=O)C2)c1F. The number of alkyl halides is 3. The Morgan fingerprint density at radius 3 is 2.63 bits per heavy atom. The predicted octanol–water partition coefficient (Wildman–Crippen LogP) is 4.02. The molecule has 1 aromatic heterocycles. The van der Waals surface area contributed by atoms with Crippen LogP contribution in [0.2, 0.25) is 5.02 Å². The summed E-state index contributed by atoms with van der Waals surface area (Å²) in [6, 6.07) is 1.37. The van der Waals surface area contributed by atoms with Crippen LogP contribution in [-0.2, 0) is 4.79 Å². The maximum absolute atomic E-state index is 14.5. The van der Waals surface area contributed by atoms with Gasteiger partial charge in [0.2, 0.25) is 11.7 Å². The molecule has 3 heterocycles. The number of nitrogens with one attached hydrogen (secondary N) is 1. The summed E-state index contributed by atoms with van der Waals surface area (Å²) in [6.45, 7) is -0.508. The number of benzene rings is 1. The standard InChI is InChI=1S/C22H22ClF5N6O/c23-12-7-13(24)9-14(8-12)32-16-3-1-2-5-34(21(16)35)17-10-33(6-4-15(17)22(26,27)28)20-18(25)19(29)30-11-31-20/h1-2,7-9,11,15-17,32H,3-6,10H2,(H2,29,30,31)/t15?,16-,17?/m1/s1. The van der Waals surface area contributed by atoms with E-state index in [-0.39, 0.29) is 49.0 Å². The number of carbonyl (C=O) groups is 1. The quantitative estimate of drug-likeness (QED) is 0.471. The Bertz CT molecular complexity index is 1110. The van der Waals surface area contributed by atoms with Gasteiger partial charge in [-0.05, 0) is 31.0 Å². The first-order valence-corrected chi connectivity index (χ1v) is 11.2. The van der Waals surface area contributed by atoms with Crippen molar-refractivity contribution in [3.05, 3.63) is 53.3 Å². The van der Waals surface area contributed by atoms with Crippen LogP contribution in [0.25, 0.3) is 0 Å². The summed E-state index contributed by atoms with van der Waals surface area (Å²) in [5, 5.41) is 2.98. The van der Waals surface area contributed by atoms with Crippen molar-refractivity contribution in [3.63, 3.8) is 0 Å². The van der Waals surface area contributed by atoms with Gasteiger partial charge in [-0.3, -0.25) is 4.79 Å². The molecule has 2 aliphatic rings. The number of halogens is 6. The Morgan fingerprint density at radius 2 is 1.91 bits per heavy atom. The van der Waals surface area contributed by atoms with E-state index in [1.54, 1.807) is 12.2 Å². The number of hydrogen-bond acceptors (Lipinski definition) is 6. The Hall–Kier alpha value is -3.15. The molecule has 35 heavy (non-hydrogen) atoms. The third-order valence-electron chi connectivity index (χ3n) is 6.13. The van der Waals surface area contributed by atoms with E-state index in [1.165, 1.54) is 11.0 Å². The van der Waals surface area contributed by atoms with E-state index in [1.807, 2.05) is 0 Å². The molecule has 13 heteroatoms. The van der Waals surface area contributed by atoms with Crippen LogP contribution < -0.4 is 16.0 Å². The smallest absolute Gasteiger partial charge is 0.381 e. The number of amides is 1. The van der Waals surface area contributed by atoms with Gasteiger partial charge in [-0.15, -0.1) is 0 Å². The van der Waals surface area contributed by atoms with Crippen molar-refractivity contribution in [1.82, 2.24) is 14.9 Å². The molecular weight excluding hydrogens is 495 g/mol. The van der Waals surface area contributed by atoms with E-state index in [0.717, 1.165) is 23.4 Å². The van der Waals surface area contributed by atoms with Crippen LogP contribution >= 0.6 is 11.6 Å². The highest BCUT2D eigenvalue weighted by Gasteiger charge is 2.51. The van der Waals surface area contributed by atoms with Crippen LogP contribution in [0.1, 0.15) is 12.8 Å². The predicted molar refractivity (Wildman–Crippen MR) is 121 cm³/mol. The number of aromatic nitrogens is 2. The average Bonchev–Trinajstić information content (AvgIpc) is 2.95. The van der Waals surface area contributed by atoms with Gasteiger partial charge < -0.3 is 20.9 Å². The molecule has 0 spiro atoms. The second kappa shape index (κ2) is 9.84. The zero-order valence-electron chi connectivity index (χ0n) is 18.3. The Kier molecular flexibility index (Phi) is 7.02. The lowest BCUT2D eigenvalue weighted by atomic mass is 9.89. The number of nitrogen functional groups attached to an aromatic ring is 1. The molecule has 2 aliphatic heterocycles. The summed E-state index contributed by atoms with van der Waals surface area (Å²) >= 11 is 5.88. The number of hydrogen-bond donors (Lipinski definition) is 2. The van der Waals surface area contributed by atoms with Crippen LogP contribution in [0.3, 0.4) is 0 Å². The number of rotatable bonds is 4. The highest BCUT2D eigenvalue weighted by molar-refractivity contribution is 6.30. The second-order valence-electron chi connectivity index (χ2n) is 8.40. The van der Waals surface area contributed by atoms with Gasteiger partial charge in [0.15, 0.2) is 11.6 Å². The van der Waals surface area contributed by atoms with Crippen molar-refractivity contribution >= 4 is 34.8 Å². The van der Waals surface area contributed by atoms with Crippen molar-refractivity contribution in [3.8, 4) is 0 Å². The van der Waals surface area contributed by atoms with Crippen LogP contribution in [-0.4, -0.2) is 58.7 Å². The fraction of sp³-hybridized carbons (Fsp3) is 0.409. The molecule has 1 fully saturated rings. The fourth-order valence-corrected chi connectivity index (χ4v) is 4.71. The minimum atomic E-state index is -4.59. The lowest BCUT2D eigenvalue weighted by Crippen LogP contribution is -2.60. The van der Waals surface area contributed by atoms with Crippen LogP contribution in [0.5, 0.6) is 0 Å². The minimum Gasteiger partial charge on any atom is -0.381 e. The molecule has 0 saturated carbocycles. The van der Waals surface area contributed by atoms with Crippen molar-refractivity contribution in [2.24, 2.45) is 5.92 Å². The number of nitrogens with zero attached hydrogens (tertiary/aromatic N) is 4. The first kappa shape index (κ1) is 25.0. The topological polar surface area (TPSA) is 87.4 Å². The summed E-state index contributed by atoms with van der Waals surface area (Å²) < 4.78 is 70.3. The molecule has 7 nitrogen and oxygen atoms in total. The average molecular weight is 517 g/mol. The van der Waals surface area contributed by atoms with Gasteiger partial charge in [0.25, 0.3) is 0 Å². The molecule has 188 valence electrons. The molecule has 3 atom stereocenters. The number of piperidine rings is 1. The largest absolute Gasteiger partial charge is 0.393 e. The zero-order chi connectivity index (χ0) is 25.3. The summed E-state index contributed by atoms with van der Waals surface area (Å²) in [5.41, 5.74) is 5.73. The fourth-order valence-electron chi connectivity index (χ4n) is 4.48. The summed E-state index contributed by atoms with van der Waals surface area (Å²) in [5.74, 6) is -4.62. The number of anilines is 3. The van der Waals surface area contributed by atoms with Gasteiger partial charge in [0.05, 0.1) is 12.0 Å². The zero-order valence-corrected chi connectivity index (χ0v) is 19.0. The number of carbonyl (C=O) groups excluding carboxylic acids is 1. The first-order chi connectivity index (χ1) is 16.5. The molecule has 1 saturated heterocycles. The van der Waals surface area contributed by atoms with Gasteiger partial charge >= 0.3 is 6.18 Å². The van der Waals surface area contributed by atoms with Crippen molar-refractivity contribution in [2.45, 2.75) is 31.1 Å². The van der Waals surface area contributed by atoms with E-state index in [0.29, 0.717) is 0 Å². The van der Waals surface area contributed by atoms with Gasteiger partial charge in [-0.25, -0.2) is 14.4 Å². The minimum absolute atomic E-state index is 0.0690. The van der Waals surface area contributed by atoms with E-state index in [9.17, 15) is 26.7 Å². The van der Waals surface area contributed by atoms with E-state index in [4.69, 9.17) is 17.3 Å². The van der Waals surface area contributed by atoms with E-state index in [2.05, 4.69) is 15.3 Å². The normalized spacial score (nSPS) is 23.4. The van der Waals surface area contributed by atoms with Crippen LogP contribution in [0, 0.1) is 17.6 Å². The third kappa shape index (κ3) is 5.42. The van der Waals surface area contributed by atoms with Crippen molar-refractivity contribution < 1.29 is 26.7 Å². The maximum Gasteiger partial charge on any atom is 0.393 e. The van der Waals surface area contributed by atoms with Gasteiger partial charge in [0, 0.05) is 30.3 Å². The molecule has 2 aromatic rings. The highest BCUT2D eigenvalue weighted by Crippen LogP contribution is 2.39. The monoisotopic (exact) mass is 516 g/mol. The summed E-state index contributed by atoms with van der Waals surface area (Å²) in [4.78, 5) is 23.3. The van der Waals surface area contributed by atoms with Crippen LogP contribution in [0.15, 0.2) is 36.7 Å². The lowest BCUT2D eigenvalue weighted by Gasteiger charge is -2.45. The Balaban J connectivity index is 1.63. The molecule has 2 unspecified atom stereocenters. The van der Waals surface area contributed by atoms with E-state index >= 15 is 0 Å². The Morgan fingerprint density at radius 1 is 1.14 bits per heavy atom. The third-order valence-corrected chi connectivity index (χ3v) is 6.34. The first-order valence-electron chi connectivity index (χ1n) is 10.8. The van der Waals surface area contributed by atoms with Crippen molar-refractivity contribution in [1.29, 1.82) is 0 Å². The summed E-state index contributed by atoms with van der Waals surface area (Å²) in [6.07, 6.45) is -0.480. The number of nitrogens with two attached hydrogens (primary N) is 1. The highest BCUT2D eigenvalue weighted by atomic mass is 35.5. The molecule has 3 N–H and O–H groups in total. The van der Waals surface area contributed by atoms with E-state index < -0.39 is 47.5 Å². The van der Waals surface area contributed by atoms with Crippen LogP contribution in [0.4, 0.5) is 39.3 Å². The molecule has 0 bridgehead atoms. The molecule has 0 aliphatic carbocycles. The molecule has 0 radical (unpaired) electrons. The molecular formula is C22H22ClF5N6O. The summed E-state index contributed by atoms with van der Waals surface area (Å²) in [7, 11) is 0. The lowest BCUT2D eigenvalue weighted by molar-refractivity contribution is -0.196. The molecule has 4 rings (SSSR count). The Labute approximate surface area is 202 Å². The van der Waals surface area contributed by atoms with Gasteiger partial charge in [-0.1, -0.05) is 23.8 Å². The molecule has 1 amide bonds.